The molecule has 0 heterocycles. The summed E-state index contributed by atoms with van der Waals surface area (Å²) < 4.78 is 8.05. The second kappa shape index (κ2) is 6.55. The summed E-state index contributed by atoms with van der Waals surface area (Å²) in [5.41, 5.74) is 1.17. The summed E-state index contributed by atoms with van der Waals surface area (Å²) in [5, 5.41) is 0. The zero-order valence-electron chi connectivity index (χ0n) is 10.4. The van der Waals surface area contributed by atoms with Gasteiger partial charge in [0.15, 0.2) is 0 Å². The Bertz CT molecular complexity index is 493. The van der Waals surface area contributed by atoms with E-state index in [0.717, 1.165) is 4.47 Å². The van der Waals surface area contributed by atoms with E-state index in [0.29, 0.717) is 0 Å². The number of benzene rings is 2. The van der Waals surface area contributed by atoms with Crippen LogP contribution in [0, 0.1) is 0 Å². The van der Waals surface area contributed by atoms with Crippen molar-refractivity contribution in [2.75, 3.05) is 7.11 Å². The van der Waals surface area contributed by atoms with Gasteiger partial charge in [-0.25, -0.2) is 0 Å². The third-order valence-corrected chi connectivity index (χ3v) is 4.69. The summed E-state index contributed by atoms with van der Waals surface area (Å²) in [5.74, 6) is 0. The molecular weight excluding hydrogens is 287 g/mol. The van der Waals surface area contributed by atoms with Crippen molar-refractivity contribution >= 4 is 19.4 Å². The van der Waals surface area contributed by atoms with Crippen LogP contribution in [0.2, 0.25) is 0 Å². The quantitative estimate of drug-likeness (QED) is 0.772. The summed E-state index contributed by atoms with van der Waals surface area (Å²) in [7, 11) is 1.74. The van der Waals surface area contributed by atoms with Crippen molar-refractivity contribution in [1.82, 2.24) is 0 Å². The van der Waals surface area contributed by atoms with Gasteiger partial charge in [0, 0.05) is 0 Å². The molecule has 1 nitrogen and oxygen atoms in total. The fraction of sp³-hybridized carbons (Fsp3) is 0.125. The molecule has 18 heavy (non-hydrogen) atoms. The van der Waals surface area contributed by atoms with E-state index >= 15 is 0 Å². The van der Waals surface area contributed by atoms with Gasteiger partial charge in [-0.15, -0.1) is 0 Å². The number of hydrogen-bond donors (Lipinski definition) is 0. The van der Waals surface area contributed by atoms with Crippen LogP contribution in [-0.2, 0) is 4.74 Å². The molecule has 1 unspecified atom stereocenters. The van der Waals surface area contributed by atoms with E-state index in [2.05, 4.69) is 43.0 Å². The molecule has 92 valence electrons. The van der Waals surface area contributed by atoms with Crippen LogP contribution >= 0.6 is 0 Å². The van der Waals surface area contributed by atoms with Crippen LogP contribution in [-0.4, -0.2) is 22.1 Å². The monoisotopic (exact) mass is 304 g/mol. The molecule has 2 aromatic rings. The molecule has 0 N–H and O–H groups in total. The zero-order chi connectivity index (χ0) is 12.8. The number of methoxy groups -OCH3 is 1. The molecule has 0 aliphatic rings. The Morgan fingerprint density at radius 3 is 2.11 bits per heavy atom. The Morgan fingerprint density at radius 2 is 1.56 bits per heavy atom. The molecule has 0 aliphatic heterocycles. The first-order valence-corrected chi connectivity index (χ1v) is 7.52. The molecule has 0 radical (unpaired) electrons. The third kappa shape index (κ3) is 3.33. The Kier molecular flexibility index (Phi) is 4.77. The Hall–Kier alpha value is -1.34. The predicted molar refractivity (Wildman–Crippen MR) is 77.2 cm³/mol. The molecular formula is C16H16OSe. The molecule has 0 saturated heterocycles. The van der Waals surface area contributed by atoms with E-state index < -0.39 is 0 Å². The molecule has 0 saturated carbocycles. The van der Waals surface area contributed by atoms with Crippen molar-refractivity contribution in [1.29, 1.82) is 0 Å². The van der Waals surface area contributed by atoms with Crippen LogP contribution in [0.25, 0.3) is 0 Å². The molecule has 0 bridgehead atoms. The average molecular weight is 303 g/mol. The number of ether oxygens (including phenoxy) is 1. The molecule has 2 heteroatoms. The molecule has 0 amide bonds. The first kappa shape index (κ1) is 13.1. The van der Waals surface area contributed by atoms with Crippen LogP contribution in [0.1, 0.15) is 11.7 Å². The fourth-order valence-electron chi connectivity index (χ4n) is 1.77. The minimum absolute atomic E-state index is 0.00796. The van der Waals surface area contributed by atoms with E-state index in [1.54, 1.807) is 7.11 Å². The van der Waals surface area contributed by atoms with Gasteiger partial charge in [0.05, 0.1) is 0 Å². The van der Waals surface area contributed by atoms with Gasteiger partial charge in [0.2, 0.25) is 0 Å². The van der Waals surface area contributed by atoms with Gasteiger partial charge in [-0.05, 0) is 0 Å². The standard InChI is InChI=1S/C16H16OSe/c1-13(18-15-11-7-4-8-12-15)16(17-2)14-9-5-3-6-10-14/h3-12,16H,1H2,2H3. The van der Waals surface area contributed by atoms with E-state index in [4.69, 9.17) is 4.74 Å². The normalized spacial score (nSPS) is 12.1. The number of hydrogen-bond acceptors (Lipinski definition) is 1. The Morgan fingerprint density at radius 1 is 1.00 bits per heavy atom. The van der Waals surface area contributed by atoms with Gasteiger partial charge in [-0.2, -0.15) is 0 Å². The second-order valence-electron chi connectivity index (χ2n) is 3.91. The van der Waals surface area contributed by atoms with Crippen LogP contribution in [0.15, 0.2) is 71.7 Å². The first-order chi connectivity index (χ1) is 8.81. The maximum atomic E-state index is 5.59. The van der Waals surface area contributed by atoms with Gasteiger partial charge in [0.25, 0.3) is 0 Å². The minimum atomic E-state index is -0.00796. The van der Waals surface area contributed by atoms with Gasteiger partial charge in [-0.1, -0.05) is 0 Å². The molecule has 0 aromatic heterocycles. The van der Waals surface area contributed by atoms with Crippen molar-refractivity contribution < 1.29 is 4.74 Å². The van der Waals surface area contributed by atoms with Crippen LogP contribution in [0.5, 0.6) is 0 Å². The molecule has 0 spiro atoms. The van der Waals surface area contributed by atoms with Gasteiger partial charge < -0.3 is 0 Å². The number of rotatable bonds is 5. The van der Waals surface area contributed by atoms with Crippen LogP contribution in [0.4, 0.5) is 0 Å². The predicted octanol–water partition coefficient (Wildman–Crippen LogP) is 2.92. The van der Waals surface area contributed by atoms with E-state index in [-0.39, 0.29) is 21.1 Å². The maximum absolute atomic E-state index is 5.59. The van der Waals surface area contributed by atoms with Crippen LogP contribution < -0.4 is 4.46 Å². The molecule has 2 aromatic carbocycles. The average Bonchev–Trinajstić information content (AvgIpc) is 2.42. The van der Waals surface area contributed by atoms with Gasteiger partial charge in [-0.3, -0.25) is 0 Å². The van der Waals surface area contributed by atoms with Crippen molar-refractivity contribution in [3.8, 4) is 0 Å². The van der Waals surface area contributed by atoms with E-state index in [1.807, 2.05) is 24.3 Å². The second-order valence-corrected chi connectivity index (χ2v) is 6.43. The van der Waals surface area contributed by atoms with Gasteiger partial charge in [0.1, 0.15) is 0 Å². The van der Waals surface area contributed by atoms with Crippen molar-refractivity contribution in [3.05, 3.63) is 77.3 Å². The fourth-order valence-corrected chi connectivity index (χ4v) is 3.74. The first-order valence-electron chi connectivity index (χ1n) is 5.80. The molecule has 1 atom stereocenters. The van der Waals surface area contributed by atoms with Crippen LogP contribution in [0.3, 0.4) is 0 Å². The third-order valence-electron chi connectivity index (χ3n) is 2.62. The Labute approximate surface area is 115 Å². The summed E-state index contributed by atoms with van der Waals surface area (Å²) in [6, 6.07) is 20.7. The van der Waals surface area contributed by atoms with E-state index in [1.165, 1.54) is 10.0 Å². The molecule has 0 aliphatic carbocycles. The Balaban J connectivity index is 2.12. The topological polar surface area (TPSA) is 9.23 Å². The van der Waals surface area contributed by atoms with Crippen molar-refractivity contribution in [2.24, 2.45) is 0 Å². The summed E-state index contributed by atoms with van der Waals surface area (Å²) in [6.45, 7) is 4.20. The molecule has 0 fully saturated rings. The molecule has 2 rings (SSSR count). The van der Waals surface area contributed by atoms with E-state index in [9.17, 15) is 0 Å². The summed E-state index contributed by atoms with van der Waals surface area (Å²) >= 11 is 0.234. The van der Waals surface area contributed by atoms with Crippen molar-refractivity contribution in [3.63, 3.8) is 0 Å². The summed E-state index contributed by atoms with van der Waals surface area (Å²) in [4.78, 5) is 0. The van der Waals surface area contributed by atoms with Gasteiger partial charge >= 0.3 is 115 Å². The zero-order valence-corrected chi connectivity index (χ0v) is 12.1. The SMILES string of the molecule is C=C([Se]c1ccccc1)C(OC)c1ccccc1. The summed E-state index contributed by atoms with van der Waals surface area (Å²) in [6.07, 6.45) is -0.00796. The van der Waals surface area contributed by atoms with Crippen molar-refractivity contribution in [2.45, 2.75) is 6.10 Å².